The van der Waals surface area contributed by atoms with Gasteiger partial charge in [-0.25, -0.2) is 0 Å². The van der Waals surface area contributed by atoms with Gasteiger partial charge in [0, 0.05) is 0 Å². The molecule has 0 atom stereocenters. The van der Waals surface area contributed by atoms with E-state index >= 15 is 0 Å². The van der Waals surface area contributed by atoms with Crippen LogP contribution in [0.5, 0.6) is 0 Å². The second-order valence-corrected chi connectivity index (χ2v) is 7.57. The van der Waals surface area contributed by atoms with Crippen molar-refractivity contribution in [2.75, 3.05) is 0 Å². The van der Waals surface area contributed by atoms with E-state index in [-0.39, 0.29) is 0 Å². The summed E-state index contributed by atoms with van der Waals surface area (Å²) < 4.78 is 3.68. The van der Waals surface area contributed by atoms with E-state index in [4.69, 9.17) is 0 Å². The number of hydrogen-bond acceptors (Lipinski definition) is 0. The summed E-state index contributed by atoms with van der Waals surface area (Å²) in [6, 6.07) is 0. The summed E-state index contributed by atoms with van der Waals surface area (Å²) in [5, 5.41) is 0. The van der Waals surface area contributed by atoms with Crippen LogP contribution in [0.2, 0.25) is 0 Å². The van der Waals surface area contributed by atoms with E-state index < -0.39 is 33.8 Å². The van der Waals surface area contributed by atoms with Gasteiger partial charge in [0.25, 0.3) is 0 Å². The first-order chi connectivity index (χ1) is 7.35. The molecule has 0 spiro atoms. The minimum absolute atomic E-state index is 0.585. The Morgan fingerprint density at radius 2 is 1.40 bits per heavy atom. The van der Waals surface area contributed by atoms with Crippen LogP contribution in [0.4, 0.5) is 0 Å². The van der Waals surface area contributed by atoms with Gasteiger partial charge < -0.3 is 0 Å². The summed E-state index contributed by atoms with van der Waals surface area (Å²) in [6.45, 7) is 4.57. The molecule has 15 heavy (non-hydrogen) atoms. The Balaban J connectivity index is 2.10. The number of allylic oxidation sites excluding steroid dienone is 8. The average Bonchev–Trinajstić information content (AvgIpc) is 2.87. The molecule has 0 unspecified atom stereocenters. The van der Waals surface area contributed by atoms with Crippen LogP contribution >= 0.6 is 0 Å². The van der Waals surface area contributed by atoms with Gasteiger partial charge >= 0.3 is 112 Å². The van der Waals surface area contributed by atoms with Crippen molar-refractivity contribution in [1.82, 2.24) is 0 Å². The standard InChI is InChI=1S/2C7H9.Ca/c2*1-2-7-5-3-4-6-7;/h2*3,5H,2,4H2,1H3;. The van der Waals surface area contributed by atoms with E-state index in [1.54, 1.807) is 11.1 Å². The van der Waals surface area contributed by atoms with Crippen LogP contribution in [-0.2, 0) is 0 Å². The Kier molecular flexibility index (Phi) is 4.30. The summed E-state index contributed by atoms with van der Waals surface area (Å²) in [5.74, 6) is 0. The van der Waals surface area contributed by atoms with E-state index in [2.05, 4.69) is 38.2 Å². The topological polar surface area (TPSA) is 0 Å². The van der Waals surface area contributed by atoms with Crippen molar-refractivity contribution in [1.29, 1.82) is 0 Å². The molecule has 0 fully saturated rings. The first kappa shape index (κ1) is 11.7. The molecule has 76 valence electrons. The van der Waals surface area contributed by atoms with Crippen molar-refractivity contribution in [3.05, 3.63) is 38.8 Å². The van der Waals surface area contributed by atoms with Gasteiger partial charge in [-0.3, -0.25) is 0 Å². The molecule has 0 amide bonds. The van der Waals surface area contributed by atoms with E-state index in [0.29, 0.717) is 0 Å². The molecule has 2 aliphatic carbocycles. The Morgan fingerprint density at radius 1 is 0.933 bits per heavy atom. The Hall–Kier alpha value is 0.220. The Morgan fingerprint density at radius 3 is 1.80 bits per heavy atom. The third-order valence-corrected chi connectivity index (χ3v) is 7.12. The van der Waals surface area contributed by atoms with Gasteiger partial charge in [0.05, 0.1) is 0 Å². The van der Waals surface area contributed by atoms with Gasteiger partial charge in [0.2, 0.25) is 0 Å². The molecule has 0 N–H and O–H groups in total. The van der Waals surface area contributed by atoms with Crippen molar-refractivity contribution in [2.24, 2.45) is 0 Å². The molecule has 1 heteroatoms. The van der Waals surface area contributed by atoms with E-state index in [1.807, 2.05) is 3.34 Å². The van der Waals surface area contributed by atoms with Crippen molar-refractivity contribution in [2.45, 2.75) is 39.5 Å². The van der Waals surface area contributed by atoms with Crippen molar-refractivity contribution in [3.8, 4) is 0 Å². The summed E-state index contributed by atoms with van der Waals surface area (Å²) >= 11 is -0.585. The quantitative estimate of drug-likeness (QED) is 0.637. The fraction of sp³-hybridized carbons (Fsp3) is 0.429. The SMILES string of the molecule is CCC1=[C]([Ca][C]2=C(CC)C=CC2)CC=C1. The predicted octanol–water partition coefficient (Wildman–Crippen LogP) is 3.94. The summed E-state index contributed by atoms with van der Waals surface area (Å²) in [4.78, 5) is 0. The van der Waals surface area contributed by atoms with Crippen LogP contribution < -0.4 is 0 Å². The molecule has 0 aromatic carbocycles. The molecular weight excluding hydrogens is 208 g/mol. The molecule has 0 aromatic rings. The van der Waals surface area contributed by atoms with Crippen molar-refractivity contribution < 1.29 is 0 Å². The van der Waals surface area contributed by atoms with Crippen LogP contribution in [0, 0.1) is 0 Å². The maximum absolute atomic E-state index is 2.36. The van der Waals surface area contributed by atoms with Crippen LogP contribution in [0.15, 0.2) is 38.8 Å². The normalized spacial score (nSPS) is 19.3. The van der Waals surface area contributed by atoms with Gasteiger partial charge in [0.1, 0.15) is 0 Å². The van der Waals surface area contributed by atoms with Crippen LogP contribution in [0.1, 0.15) is 39.5 Å². The summed E-state index contributed by atoms with van der Waals surface area (Å²) in [5.41, 5.74) is 3.31. The van der Waals surface area contributed by atoms with Gasteiger partial charge in [-0.15, -0.1) is 0 Å². The second kappa shape index (κ2) is 5.52. The summed E-state index contributed by atoms with van der Waals surface area (Å²) in [6.07, 6.45) is 14.4. The fourth-order valence-corrected chi connectivity index (χ4v) is 6.18. The van der Waals surface area contributed by atoms with Gasteiger partial charge in [0.15, 0.2) is 0 Å². The van der Waals surface area contributed by atoms with Crippen molar-refractivity contribution >= 4 is 33.8 Å². The van der Waals surface area contributed by atoms with Crippen LogP contribution in [-0.4, -0.2) is 33.8 Å². The van der Waals surface area contributed by atoms with Crippen molar-refractivity contribution in [3.63, 3.8) is 0 Å². The molecule has 0 bridgehead atoms. The summed E-state index contributed by atoms with van der Waals surface area (Å²) in [7, 11) is 0. The van der Waals surface area contributed by atoms with Crippen LogP contribution in [0.3, 0.4) is 0 Å². The molecule has 0 saturated heterocycles. The second-order valence-electron chi connectivity index (χ2n) is 4.35. The first-order valence-electron chi connectivity index (χ1n) is 6.10. The molecule has 0 radical (unpaired) electrons. The molecule has 0 heterocycles. The van der Waals surface area contributed by atoms with Gasteiger partial charge in [-0.1, -0.05) is 0 Å². The van der Waals surface area contributed by atoms with Crippen LogP contribution in [0.25, 0.3) is 0 Å². The zero-order valence-electron chi connectivity index (χ0n) is 9.84. The first-order valence-corrected chi connectivity index (χ1v) is 8.30. The fourth-order valence-electron chi connectivity index (χ4n) is 2.55. The molecule has 2 rings (SSSR count). The minimum atomic E-state index is -0.585. The van der Waals surface area contributed by atoms with E-state index in [0.717, 1.165) is 0 Å². The number of rotatable bonds is 4. The Labute approximate surface area is 111 Å². The van der Waals surface area contributed by atoms with E-state index in [1.165, 1.54) is 25.7 Å². The molecule has 0 nitrogen and oxygen atoms in total. The molecular formula is C14H18Ca. The maximum atomic E-state index is 2.36. The predicted molar refractivity (Wildman–Crippen MR) is 67.9 cm³/mol. The zero-order chi connectivity index (χ0) is 10.7. The average molecular weight is 226 g/mol. The third kappa shape index (κ3) is 2.67. The third-order valence-electron chi connectivity index (χ3n) is 3.46. The molecule has 0 aliphatic heterocycles. The molecule has 2 aliphatic rings. The monoisotopic (exact) mass is 226 g/mol. The van der Waals surface area contributed by atoms with Gasteiger partial charge in [-0.2, -0.15) is 0 Å². The van der Waals surface area contributed by atoms with E-state index in [9.17, 15) is 0 Å². The van der Waals surface area contributed by atoms with Gasteiger partial charge in [-0.05, 0) is 0 Å². The zero-order valence-corrected chi connectivity index (χ0v) is 12.1. The molecule has 0 saturated carbocycles. The Bertz CT molecular complexity index is 331. The number of hydrogen-bond donors (Lipinski definition) is 0. The molecule has 0 aromatic heterocycles.